The van der Waals surface area contributed by atoms with Gasteiger partial charge in [0.2, 0.25) is 11.8 Å². The van der Waals surface area contributed by atoms with E-state index in [1.165, 1.54) is 5.56 Å². The van der Waals surface area contributed by atoms with Gasteiger partial charge in [0.1, 0.15) is 12.1 Å². The number of ether oxygens (including phenoxy) is 1. The fraction of sp³-hybridized carbons (Fsp3) is 0.556. The van der Waals surface area contributed by atoms with E-state index >= 15 is 0 Å². The van der Waals surface area contributed by atoms with Crippen molar-refractivity contribution in [3.05, 3.63) is 35.4 Å². The summed E-state index contributed by atoms with van der Waals surface area (Å²) in [5, 5.41) is 2.71. The molecule has 2 rings (SSSR count). The Morgan fingerprint density at radius 2 is 1.96 bits per heavy atom. The second-order valence-corrected chi connectivity index (χ2v) is 7.12. The molecule has 0 unspecified atom stereocenters. The van der Waals surface area contributed by atoms with Gasteiger partial charge in [-0.15, -0.1) is 0 Å². The molecule has 1 aliphatic rings. The van der Waals surface area contributed by atoms with Crippen LogP contribution in [0.5, 0.6) is 0 Å². The highest BCUT2D eigenvalue weighted by molar-refractivity contribution is 5.88. The molecule has 2 atom stereocenters. The number of rotatable bonds is 5. The maximum Gasteiger partial charge on any atom is 0.249 e. The lowest BCUT2D eigenvalue weighted by Crippen LogP contribution is -2.49. The van der Waals surface area contributed by atoms with Crippen LogP contribution in [0.15, 0.2) is 24.3 Å². The third-order valence-corrected chi connectivity index (χ3v) is 4.14. The number of carbonyl (C=O) groups excluding carboxylic acids is 2. The van der Waals surface area contributed by atoms with Crippen LogP contribution in [0.3, 0.4) is 0 Å². The minimum Gasteiger partial charge on any atom is -0.368 e. The summed E-state index contributed by atoms with van der Waals surface area (Å²) in [6.45, 7) is 7.04. The summed E-state index contributed by atoms with van der Waals surface area (Å²) in [5.41, 5.74) is 7.70. The number of hydrogen-bond donors (Lipinski definition) is 2. The fourth-order valence-corrected chi connectivity index (χ4v) is 2.65. The van der Waals surface area contributed by atoms with Crippen LogP contribution < -0.4 is 11.1 Å². The van der Waals surface area contributed by atoms with Crippen LogP contribution in [0.2, 0.25) is 0 Å². The van der Waals surface area contributed by atoms with Crippen molar-refractivity contribution in [3.8, 4) is 0 Å². The van der Waals surface area contributed by atoms with Crippen LogP contribution in [0.25, 0.3) is 0 Å². The van der Waals surface area contributed by atoms with Gasteiger partial charge in [0.15, 0.2) is 0 Å². The predicted octanol–water partition coefficient (Wildman–Crippen LogP) is 1.68. The first-order chi connectivity index (χ1) is 10.8. The second-order valence-electron chi connectivity index (χ2n) is 7.12. The molecule has 1 aromatic rings. The molecule has 5 heteroatoms. The summed E-state index contributed by atoms with van der Waals surface area (Å²) in [7, 11) is 0. The number of nitrogens with one attached hydrogen (secondary N) is 1. The molecule has 1 fully saturated rings. The van der Waals surface area contributed by atoms with Gasteiger partial charge in [-0.25, -0.2) is 0 Å². The average Bonchev–Trinajstić information content (AvgIpc) is 3.00. The molecule has 3 N–H and O–H groups in total. The lowest BCUT2D eigenvalue weighted by Gasteiger charge is -2.21. The molecule has 0 spiro atoms. The summed E-state index contributed by atoms with van der Waals surface area (Å²) < 4.78 is 5.33. The van der Waals surface area contributed by atoms with Gasteiger partial charge in [-0.3, -0.25) is 9.59 Å². The van der Waals surface area contributed by atoms with E-state index in [0.29, 0.717) is 19.4 Å². The van der Waals surface area contributed by atoms with Gasteiger partial charge in [-0.2, -0.15) is 0 Å². The summed E-state index contributed by atoms with van der Waals surface area (Å²) >= 11 is 0. The van der Waals surface area contributed by atoms with Gasteiger partial charge in [-0.05, 0) is 29.4 Å². The van der Waals surface area contributed by atoms with Crippen LogP contribution >= 0.6 is 0 Å². The lowest BCUT2D eigenvalue weighted by molar-refractivity contribution is -0.133. The van der Waals surface area contributed by atoms with Crippen LogP contribution in [-0.2, 0) is 26.2 Å². The molecule has 1 aromatic carbocycles. The quantitative estimate of drug-likeness (QED) is 0.866. The Hall–Kier alpha value is -1.88. The van der Waals surface area contributed by atoms with Crippen molar-refractivity contribution in [2.45, 2.75) is 57.6 Å². The molecule has 0 aliphatic carbocycles. The van der Waals surface area contributed by atoms with Crippen molar-refractivity contribution in [3.63, 3.8) is 0 Å². The molecular formula is C18H26N2O3. The van der Waals surface area contributed by atoms with Crippen LogP contribution in [0.1, 0.15) is 44.7 Å². The zero-order valence-electron chi connectivity index (χ0n) is 14.1. The minimum atomic E-state index is -0.716. The van der Waals surface area contributed by atoms with Gasteiger partial charge in [0.25, 0.3) is 0 Å². The van der Waals surface area contributed by atoms with Crippen molar-refractivity contribution in [2.75, 3.05) is 6.61 Å². The van der Waals surface area contributed by atoms with Crippen LogP contribution in [-0.4, -0.2) is 30.6 Å². The van der Waals surface area contributed by atoms with Gasteiger partial charge < -0.3 is 15.8 Å². The summed E-state index contributed by atoms with van der Waals surface area (Å²) in [4.78, 5) is 23.7. The van der Waals surface area contributed by atoms with Crippen molar-refractivity contribution < 1.29 is 14.3 Å². The first-order valence-corrected chi connectivity index (χ1v) is 8.08. The molecule has 2 amide bonds. The highest BCUT2D eigenvalue weighted by Crippen LogP contribution is 2.22. The molecule has 126 valence electrons. The predicted molar refractivity (Wildman–Crippen MR) is 88.9 cm³/mol. The summed E-state index contributed by atoms with van der Waals surface area (Å²) in [6.07, 6.45) is 1.49. The number of amides is 2. The van der Waals surface area contributed by atoms with Gasteiger partial charge in [-0.1, -0.05) is 45.0 Å². The number of hydrogen-bond acceptors (Lipinski definition) is 3. The summed E-state index contributed by atoms with van der Waals surface area (Å²) in [5.74, 6) is -0.783. The Bertz CT molecular complexity index is 555. The van der Waals surface area contributed by atoms with E-state index in [-0.39, 0.29) is 11.3 Å². The van der Waals surface area contributed by atoms with Gasteiger partial charge in [0, 0.05) is 13.0 Å². The number of carbonyl (C=O) groups is 2. The molecule has 1 heterocycles. The molecule has 0 bridgehead atoms. The Labute approximate surface area is 137 Å². The SMILES string of the molecule is CC(C)(C)c1ccc(C[C@@H](NC(=O)[C@@H]2CCCO2)C(N)=O)cc1. The molecule has 5 nitrogen and oxygen atoms in total. The van der Waals surface area contributed by atoms with Crippen molar-refractivity contribution in [1.82, 2.24) is 5.32 Å². The molecule has 0 aromatic heterocycles. The third kappa shape index (κ3) is 4.79. The molecule has 23 heavy (non-hydrogen) atoms. The van der Waals surface area contributed by atoms with E-state index in [1.807, 2.05) is 12.1 Å². The number of primary amides is 1. The molecule has 0 radical (unpaired) electrons. The minimum absolute atomic E-state index is 0.0790. The lowest BCUT2D eigenvalue weighted by atomic mass is 9.86. The highest BCUT2D eigenvalue weighted by Gasteiger charge is 2.27. The van der Waals surface area contributed by atoms with E-state index in [1.54, 1.807) is 0 Å². The first kappa shape index (κ1) is 17.5. The Kier molecular flexibility index (Phi) is 5.42. The molecule has 0 saturated carbocycles. The summed E-state index contributed by atoms with van der Waals surface area (Å²) in [6, 6.07) is 7.35. The largest absolute Gasteiger partial charge is 0.368 e. The van der Waals surface area contributed by atoms with Crippen molar-refractivity contribution in [1.29, 1.82) is 0 Å². The zero-order valence-corrected chi connectivity index (χ0v) is 14.1. The zero-order chi connectivity index (χ0) is 17.0. The first-order valence-electron chi connectivity index (χ1n) is 8.08. The van der Waals surface area contributed by atoms with Gasteiger partial charge >= 0.3 is 0 Å². The van der Waals surface area contributed by atoms with E-state index < -0.39 is 18.1 Å². The number of benzene rings is 1. The normalized spacial score (nSPS) is 19.3. The Morgan fingerprint density at radius 1 is 1.30 bits per heavy atom. The second kappa shape index (κ2) is 7.13. The maximum atomic E-state index is 12.1. The average molecular weight is 318 g/mol. The highest BCUT2D eigenvalue weighted by atomic mass is 16.5. The third-order valence-electron chi connectivity index (χ3n) is 4.14. The number of nitrogens with two attached hydrogens (primary N) is 1. The monoisotopic (exact) mass is 318 g/mol. The molecular weight excluding hydrogens is 292 g/mol. The standard InChI is InChI=1S/C18H26N2O3/c1-18(2,3)13-8-6-12(7-9-13)11-14(16(19)21)20-17(22)15-5-4-10-23-15/h6-9,14-15H,4-5,10-11H2,1-3H3,(H2,19,21)(H,20,22)/t14-,15+/m1/s1. The smallest absolute Gasteiger partial charge is 0.249 e. The van der Waals surface area contributed by atoms with Crippen LogP contribution in [0, 0.1) is 0 Å². The van der Waals surface area contributed by atoms with Gasteiger partial charge in [0.05, 0.1) is 0 Å². The van der Waals surface area contributed by atoms with E-state index in [2.05, 4.69) is 38.2 Å². The van der Waals surface area contributed by atoms with Crippen LogP contribution in [0.4, 0.5) is 0 Å². The molecule has 1 aliphatic heterocycles. The maximum absolute atomic E-state index is 12.1. The Balaban J connectivity index is 2.01. The topological polar surface area (TPSA) is 81.4 Å². The van der Waals surface area contributed by atoms with Crippen molar-refractivity contribution in [2.24, 2.45) is 5.73 Å². The van der Waals surface area contributed by atoms with E-state index in [0.717, 1.165) is 12.0 Å². The fourth-order valence-electron chi connectivity index (χ4n) is 2.65. The van der Waals surface area contributed by atoms with E-state index in [9.17, 15) is 9.59 Å². The Morgan fingerprint density at radius 3 is 2.43 bits per heavy atom. The molecule has 1 saturated heterocycles. The van der Waals surface area contributed by atoms with Crippen molar-refractivity contribution >= 4 is 11.8 Å². The van der Waals surface area contributed by atoms with E-state index in [4.69, 9.17) is 10.5 Å².